The quantitative estimate of drug-likeness (QED) is 0.376. The fourth-order valence-electron chi connectivity index (χ4n) is 3.97. The van der Waals surface area contributed by atoms with Gasteiger partial charge < -0.3 is 20.3 Å². The van der Waals surface area contributed by atoms with Gasteiger partial charge in [-0.05, 0) is 37.0 Å². The molecule has 2 atom stereocenters. The number of rotatable bonds is 4. The van der Waals surface area contributed by atoms with Crippen LogP contribution in [0.4, 0.5) is 5.95 Å². The van der Waals surface area contributed by atoms with Crippen LogP contribution in [0, 0.1) is 0 Å². The van der Waals surface area contributed by atoms with Crippen LogP contribution < -0.4 is 20.3 Å². The van der Waals surface area contributed by atoms with E-state index in [1.165, 1.54) is 5.56 Å². The van der Waals surface area contributed by atoms with Crippen LogP contribution >= 0.6 is 24.0 Å². The standard InChI is InChI=1S/C21H28N6O.HI/c1-22-20(25-14-16-9-13-28-19-8-3-2-7-18(16)19)26-17-6-4-12-27(15-17)21-23-10-5-11-24-21;/h2-3,5,7-8,10-11,16-17H,4,6,9,12-15H2,1H3,(H2,22,25,26);1H. The minimum Gasteiger partial charge on any atom is -0.493 e. The first-order chi connectivity index (χ1) is 13.8. The molecule has 3 heterocycles. The van der Waals surface area contributed by atoms with Crippen molar-refractivity contribution in [2.24, 2.45) is 4.99 Å². The second-order valence-electron chi connectivity index (χ2n) is 7.30. The Hall–Kier alpha value is -2.10. The van der Waals surface area contributed by atoms with Gasteiger partial charge in [-0.3, -0.25) is 4.99 Å². The fourth-order valence-corrected chi connectivity index (χ4v) is 3.97. The number of benzene rings is 1. The number of para-hydroxylation sites is 1. The van der Waals surface area contributed by atoms with Crippen molar-refractivity contribution < 1.29 is 4.74 Å². The number of piperidine rings is 1. The van der Waals surface area contributed by atoms with Gasteiger partial charge in [0.25, 0.3) is 0 Å². The van der Waals surface area contributed by atoms with E-state index in [1.54, 1.807) is 12.4 Å². The molecule has 8 heteroatoms. The third-order valence-corrected chi connectivity index (χ3v) is 5.42. The summed E-state index contributed by atoms with van der Waals surface area (Å²) in [5.74, 6) is 3.10. The Kier molecular flexibility index (Phi) is 7.91. The molecule has 2 N–H and O–H groups in total. The summed E-state index contributed by atoms with van der Waals surface area (Å²) in [5.41, 5.74) is 1.28. The summed E-state index contributed by atoms with van der Waals surface area (Å²) >= 11 is 0. The molecule has 2 aliphatic heterocycles. The molecule has 156 valence electrons. The summed E-state index contributed by atoms with van der Waals surface area (Å²) in [7, 11) is 1.83. The molecular formula is C21H29IN6O. The number of anilines is 1. The van der Waals surface area contributed by atoms with Gasteiger partial charge in [-0.1, -0.05) is 18.2 Å². The van der Waals surface area contributed by atoms with Crippen molar-refractivity contribution in [2.45, 2.75) is 31.2 Å². The highest BCUT2D eigenvalue weighted by Crippen LogP contribution is 2.32. The molecule has 0 aliphatic carbocycles. The number of nitrogens with one attached hydrogen (secondary N) is 2. The number of aromatic nitrogens is 2. The zero-order valence-electron chi connectivity index (χ0n) is 16.8. The maximum atomic E-state index is 5.77. The lowest BCUT2D eigenvalue weighted by Gasteiger charge is -2.34. The van der Waals surface area contributed by atoms with Crippen molar-refractivity contribution in [2.75, 3.05) is 38.2 Å². The Labute approximate surface area is 189 Å². The summed E-state index contributed by atoms with van der Waals surface area (Å²) in [4.78, 5) is 15.4. The normalized spacial score (nSPS) is 21.4. The maximum Gasteiger partial charge on any atom is 0.225 e. The van der Waals surface area contributed by atoms with Gasteiger partial charge in [0.05, 0.1) is 6.61 Å². The maximum absolute atomic E-state index is 5.77. The molecule has 0 amide bonds. The molecule has 0 radical (unpaired) electrons. The number of fused-ring (bicyclic) bond motifs is 1. The zero-order valence-corrected chi connectivity index (χ0v) is 19.1. The first-order valence-corrected chi connectivity index (χ1v) is 10.0. The Morgan fingerprint density at radius 3 is 2.86 bits per heavy atom. The lowest BCUT2D eigenvalue weighted by atomic mass is 9.93. The van der Waals surface area contributed by atoms with Crippen LogP contribution in [0.1, 0.15) is 30.7 Å². The van der Waals surface area contributed by atoms with Gasteiger partial charge in [0, 0.05) is 51.0 Å². The molecule has 1 aromatic carbocycles. The van der Waals surface area contributed by atoms with Crippen molar-refractivity contribution in [3.05, 3.63) is 48.3 Å². The van der Waals surface area contributed by atoms with Crippen LogP contribution in [0.15, 0.2) is 47.7 Å². The van der Waals surface area contributed by atoms with E-state index in [2.05, 4.69) is 48.7 Å². The molecule has 2 aromatic rings. The monoisotopic (exact) mass is 508 g/mol. The predicted molar refractivity (Wildman–Crippen MR) is 126 cm³/mol. The molecule has 1 aromatic heterocycles. The third kappa shape index (κ3) is 5.49. The van der Waals surface area contributed by atoms with Gasteiger partial charge in [0.1, 0.15) is 5.75 Å². The Bertz CT molecular complexity index is 803. The van der Waals surface area contributed by atoms with Crippen molar-refractivity contribution >= 4 is 35.9 Å². The molecule has 29 heavy (non-hydrogen) atoms. The lowest BCUT2D eigenvalue weighted by Crippen LogP contribution is -2.52. The number of nitrogens with zero attached hydrogens (tertiary/aromatic N) is 4. The highest BCUT2D eigenvalue weighted by atomic mass is 127. The van der Waals surface area contributed by atoms with E-state index in [9.17, 15) is 0 Å². The molecule has 1 saturated heterocycles. The summed E-state index contributed by atoms with van der Waals surface area (Å²) in [6.07, 6.45) is 6.84. The topological polar surface area (TPSA) is 74.7 Å². The van der Waals surface area contributed by atoms with E-state index < -0.39 is 0 Å². The number of ether oxygens (including phenoxy) is 1. The van der Waals surface area contributed by atoms with E-state index in [4.69, 9.17) is 4.74 Å². The summed E-state index contributed by atoms with van der Waals surface area (Å²) in [6.45, 7) is 3.49. The zero-order chi connectivity index (χ0) is 19.2. The van der Waals surface area contributed by atoms with Crippen LogP contribution in [0.3, 0.4) is 0 Å². The van der Waals surface area contributed by atoms with E-state index in [0.717, 1.165) is 63.2 Å². The summed E-state index contributed by atoms with van der Waals surface area (Å²) in [6, 6.07) is 10.5. The first kappa shape index (κ1) is 21.6. The predicted octanol–water partition coefficient (Wildman–Crippen LogP) is 2.79. The highest BCUT2D eigenvalue weighted by molar-refractivity contribution is 14.0. The molecule has 2 aliphatic rings. The SMILES string of the molecule is CN=C(NCC1CCOc2ccccc21)NC1CCCN(c2ncccn2)C1.I. The number of aliphatic imine (C=N–C) groups is 1. The Morgan fingerprint density at radius 1 is 1.21 bits per heavy atom. The number of hydrogen-bond donors (Lipinski definition) is 2. The molecular weight excluding hydrogens is 479 g/mol. The van der Waals surface area contributed by atoms with Gasteiger partial charge in [-0.2, -0.15) is 0 Å². The third-order valence-electron chi connectivity index (χ3n) is 5.42. The van der Waals surface area contributed by atoms with E-state index >= 15 is 0 Å². The van der Waals surface area contributed by atoms with Crippen molar-refractivity contribution in [1.82, 2.24) is 20.6 Å². The van der Waals surface area contributed by atoms with Crippen LogP contribution in [-0.2, 0) is 0 Å². The number of halogens is 1. The molecule has 1 fully saturated rings. The van der Waals surface area contributed by atoms with Gasteiger partial charge in [0.15, 0.2) is 5.96 Å². The smallest absolute Gasteiger partial charge is 0.225 e. The van der Waals surface area contributed by atoms with Crippen molar-refractivity contribution in [3.8, 4) is 5.75 Å². The van der Waals surface area contributed by atoms with Gasteiger partial charge >= 0.3 is 0 Å². The summed E-state index contributed by atoms with van der Waals surface area (Å²) in [5, 5.41) is 7.09. The van der Waals surface area contributed by atoms with Gasteiger partial charge in [0.2, 0.25) is 5.95 Å². The average Bonchev–Trinajstić information content (AvgIpc) is 2.77. The van der Waals surface area contributed by atoms with E-state index in [-0.39, 0.29) is 24.0 Å². The van der Waals surface area contributed by atoms with Crippen molar-refractivity contribution in [3.63, 3.8) is 0 Å². The largest absolute Gasteiger partial charge is 0.493 e. The Balaban J connectivity index is 0.00000240. The van der Waals surface area contributed by atoms with Crippen molar-refractivity contribution in [1.29, 1.82) is 0 Å². The molecule has 7 nitrogen and oxygen atoms in total. The van der Waals surface area contributed by atoms with Crippen LogP contribution in [0.25, 0.3) is 0 Å². The van der Waals surface area contributed by atoms with Crippen LogP contribution in [0.5, 0.6) is 5.75 Å². The molecule has 0 spiro atoms. The number of hydrogen-bond acceptors (Lipinski definition) is 5. The Morgan fingerprint density at radius 2 is 2.03 bits per heavy atom. The second kappa shape index (κ2) is 10.6. The second-order valence-corrected chi connectivity index (χ2v) is 7.30. The molecule has 2 unspecified atom stereocenters. The van der Waals surface area contributed by atoms with E-state index in [0.29, 0.717) is 12.0 Å². The summed E-state index contributed by atoms with van der Waals surface area (Å²) < 4.78 is 5.77. The van der Waals surface area contributed by atoms with Crippen LogP contribution in [0.2, 0.25) is 0 Å². The average molecular weight is 508 g/mol. The van der Waals surface area contributed by atoms with Crippen LogP contribution in [-0.4, -0.2) is 55.3 Å². The molecule has 0 saturated carbocycles. The van der Waals surface area contributed by atoms with E-state index in [1.807, 2.05) is 19.2 Å². The lowest BCUT2D eigenvalue weighted by molar-refractivity contribution is 0.267. The first-order valence-electron chi connectivity index (χ1n) is 10.0. The highest BCUT2D eigenvalue weighted by Gasteiger charge is 2.24. The van der Waals surface area contributed by atoms with Gasteiger partial charge in [-0.25, -0.2) is 9.97 Å². The molecule has 4 rings (SSSR count). The van der Waals surface area contributed by atoms with Gasteiger partial charge in [-0.15, -0.1) is 24.0 Å². The minimum absolute atomic E-state index is 0. The minimum atomic E-state index is 0. The number of guanidine groups is 1. The molecule has 0 bridgehead atoms. The fraction of sp³-hybridized carbons (Fsp3) is 0.476.